The minimum atomic E-state index is -0.236. The van der Waals surface area contributed by atoms with Crippen molar-refractivity contribution in [3.63, 3.8) is 0 Å². The van der Waals surface area contributed by atoms with Gasteiger partial charge in [-0.25, -0.2) is 14.4 Å². The van der Waals surface area contributed by atoms with E-state index in [1.165, 1.54) is 25.0 Å². The van der Waals surface area contributed by atoms with Crippen molar-refractivity contribution in [1.29, 1.82) is 0 Å². The number of hydrogen-bond donors (Lipinski definition) is 1. The van der Waals surface area contributed by atoms with Gasteiger partial charge in [0, 0.05) is 35.9 Å². The Labute approximate surface area is 162 Å². The third-order valence-corrected chi connectivity index (χ3v) is 5.67. The highest BCUT2D eigenvalue weighted by atomic mass is 35.5. The van der Waals surface area contributed by atoms with Gasteiger partial charge in [-0.3, -0.25) is 0 Å². The predicted molar refractivity (Wildman–Crippen MR) is 106 cm³/mol. The van der Waals surface area contributed by atoms with Crippen LogP contribution in [0.4, 0.5) is 4.39 Å². The maximum Gasteiger partial charge on any atom is 0.169 e. The molecule has 0 radical (unpaired) electrons. The van der Waals surface area contributed by atoms with Crippen molar-refractivity contribution >= 4 is 23.7 Å². The molecule has 138 valence electrons. The molecule has 0 spiro atoms. The summed E-state index contributed by atoms with van der Waals surface area (Å²) in [4.78, 5) is 9.22. The van der Waals surface area contributed by atoms with E-state index in [9.17, 15) is 4.39 Å². The Kier molecular flexibility index (Phi) is 6.06. The zero-order valence-electron chi connectivity index (χ0n) is 14.3. The lowest BCUT2D eigenvalue weighted by Crippen LogP contribution is -2.29. The van der Waals surface area contributed by atoms with Gasteiger partial charge in [0.15, 0.2) is 10.8 Å². The fourth-order valence-corrected chi connectivity index (χ4v) is 4.40. The molecule has 1 saturated carbocycles. The average molecular weight is 393 g/mol. The summed E-state index contributed by atoms with van der Waals surface area (Å²) in [5.41, 5.74) is 7.89. The minimum Gasteiger partial charge on any atom is -0.329 e. The number of nitrogens with zero attached hydrogens (tertiary/aromatic N) is 3. The van der Waals surface area contributed by atoms with Crippen LogP contribution in [-0.2, 0) is 6.54 Å². The molecule has 4 nitrogen and oxygen atoms in total. The lowest BCUT2D eigenvalue weighted by molar-refractivity contribution is 0.291. The van der Waals surface area contributed by atoms with E-state index in [1.54, 1.807) is 23.5 Å². The molecule has 2 N–H and O–H groups in total. The van der Waals surface area contributed by atoms with E-state index in [-0.39, 0.29) is 18.2 Å². The van der Waals surface area contributed by atoms with E-state index in [4.69, 9.17) is 10.7 Å². The lowest BCUT2D eigenvalue weighted by Gasteiger charge is -2.27. The van der Waals surface area contributed by atoms with E-state index in [0.29, 0.717) is 12.0 Å². The molecule has 0 unspecified atom stereocenters. The van der Waals surface area contributed by atoms with Crippen molar-refractivity contribution in [2.45, 2.75) is 38.3 Å². The molecule has 7 heteroatoms. The Hall–Kier alpha value is -1.76. The van der Waals surface area contributed by atoms with Crippen LogP contribution in [0.5, 0.6) is 0 Å². The van der Waals surface area contributed by atoms with Crippen molar-refractivity contribution in [3.05, 3.63) is 47.9 Å². The second kappa shape index (κ2) is 8.29. The predicted octanol–water partition coefficient (Wildman–Crippen LogP) is 4.75. The molecule has 4 rings (SSSR count). The van der Waals surface area contributed by atoms with Gasteiger partial charge in [-0.15, -0.1) is 23.7 Å². The van der Waals surface area contributed by atoms with E-state index in [1.807, 2.05) is 17.8 Å². The molecule has 1 aliphatic carbocycles. The van der Waals surface area contributed by atoms with Gasteiger partial charge in [0.2, 0.25) is 0 Å². The van der Waals surface area contributed by atoms with Gasteiger partial charge < -0.3 is 10.3 Å². The van der Waals surface area contributed by atoms with Gasteiger partial charge in [-0.2, -0.15) is 0 Å². The van der Waals surface area contributed by atoms with Crippen LogP contribution in [0.25, 0.3) is 22.1 Å². The zero-order valence-corrected chi connectivity index (χ0v) is 16.0. The molecule has 1 aromatic carbocycles. The highest BCUT2D eigenvalue weighted by Crippen LogP contribution is 2.30. The van der Waals surface area contributed by atoms with Crippen LogP contribution >= 0.6 is 23.7 Å². The Morgan fingerprint density at radius 3 is 2.81 bits per heavy atom. The third-order valence-electron chi connectivity index (χ3n) is 4.83. The first-order chi connectivity index (χ1) is 12.2. The highest BCUT2D eigenvalue weighted by molar-refractivity contribution is 7.13. The minimum absolute atomic E-state index is 0. The molecule has 0 amide bonds. The van der Waals surface area contributed by atoms with Gasteiger partial charge in [-0.1, -0.05) is 6.42 Å². The Morgan fingerprint density at radius 2 is 2.04 bits per heavy atom. The number of nitrogens with two attached hydrogens (primary N) is 1. The normalized spacial score (nSPS) is 19.9. The highest BCUT2D eigenvalue weighted by Gasteiger charge is 2.21. The van der Waals surface area contributed by atoms with Gasteiger partial charge in [0.05, 0.1) is 5.69 Å². The van der Waals surface area contributed by atoms with Crippen molar-refractivity contribution in [1.82, 2.24) is 14.5 Å². The van der Waals surface area contributed by atoms with Crippen molar-refractivity contribution < 1.29 is 4.39 Å². The average Bonchev–Trinajstić information content (AvgIpc) is 3.25. The van der Waals surface area contributed by atoms with Crippen LogP contribution < -0.4 is 5.73 Å². The molecule has 2 atom stereocenters. The lowest BCUT2D eigenvalue weighted by atomic mass is 9.86. The first kappa shape index (κ1) is 19.0. The largest absolute Gasteiger partial charge is 0.329 e. The molecule has 26 heavy (non-hydrogen) atoms. The monoisotopic (exact) mass is 392 g/mol. The molecule has 3 aromatic rings. The Morgan fingerprint density at radius 1 is 1.23 bits per heavy atom. The summed E-state index contributed by atoms with van der Waals surface area (Å²) in [6.07, 6.45) is 8.51. The molecule has 0 saturated heterocycles. The zero-order chi connectivity index (χ0) is 17.2. The molecular formula is C19H22ClFN4S. The van der Waals surface area contributed by atoms with Crippen molar-refractivity contribution in [2.75, 3.05) is 0 Å². The number of benzene rings is 1. The number of imidazole rings is 1. The Balaban J connectivity index is 0.00000196. The van der Waals surface area contributed by atoms with Crippen LogP contribution in [0.2, 0.25) is 0 Å². The maximum absolute atomic E-state index is 13.1. The second-order valence-corrected chi connectivity index (χ2v) is 7.60. The van der Waals surface area contributed by atoms with Crippen LogP contribution in [0, 0.1) is 11.7 Å². The summed E-state index contributed by atoms with van der Waals surface area (Å²) < 4.78 is 15.3. The van der Waals surface area contributed by atoms with E-state index in [2.05, 4.69) is 9.55 Å². The molecule has 1 aliphatic rings. The summed E-state index contributed by atoms with van der Waals surface area (Å²) in [7, 11) is 0. The standard InChI is InChI=1S/C19H21FN4S.ClH/c20-15-6-4-14(5-7-15)17-12-25-19(23-17)18-22-8-9-24(18)11-13-2-1-3-16(21)10-13;/h4-9,12-13,16H,1-3,10-11,21H2;1H/t13-,16+;/m1./s1. The van der Waals surface area contributed by atoms with Gasteiger partial charge >= 0.3 is 0 Å². The van der Waals surface area contributed by atoms with Crippen molar-refractivity contribution in [3.8, 4) is 22.1 Å². The van der Waals surface area contributed by atoms with E-state index >= 15 is 0 Å². The van der Waals surface area contributed by atoms with Crippen molar-refractivity contribution in [2.24, 2.45) is 11.7 Å². The molecule has 0 bridgehead atoms. The number of aromatic nitrogens is 3. The summed E-state index contributed by atoms with van der Waals surface area (Å²) in [5.74, 6) is 1.27. The summed E-state index contributed by atoms with van der Waals surface area (Å²) in [6.45, 7) is 0.939. The number of thiazole rings is 1. The summed E-state index contributed by atoms with van der Waals surface area (Å²) in [6, 6.07) is 6.76. The molecule has 2 heterocycles. The fourth-order valence-electron chi connectivity index (χ4n) is 3.56. The van der Waals surface area contributed by atoms with Crippen LogP contribution in [0.3, 0.4) is 0 Å². The smallest absolute Gasteiger partial charge is 0.169 e. The second-order valence-electron chi connectivity index (χ2n) is 6.74. The van der Waals surface area contributed by atoms with Crippen LogP contribution in [-0.4, -0.2) is 20.6 Å². The van der Waals surface area contributed by atoms with Gasteiger partial charge in [-0.05, 0) is 49.4 Å². The third kappa shape index (κ3) is 4.14. The quantitative estimate of drug-likeness (QED) is 0.696. The number of halogens is 2. The summed E-state index contributed by atoms with van der Waals surface area (Å²) >= 11 is 1.57. The fraction of sp³-hybridized carbons (Fsp3) is 0.368. The van der Waals surface area contributed by atoms with E-state index < -0.39 is 0 Å². The van der Waals surface area contributed by atoms with Crippen LogP contribution in [0.15, 0.2) is 42.0 Å². The summed E-state index contributed by atoms with van der Waals surface area (Å²) in [5, 5.41) is 2.89. The van der Waals surface area contributed by atoms with Crippen LogP contribution in [0.1, 0.15) is 25.7 Å². The van der Waals surface area contributed by atoms with E-state index in [0.717, 1.165) is 41.5 Å². The number of rotatable bonds is 4. The molecule has 1 fully saturated rings. The SMILES string of the molecule is Cl.N[C@H]1CCC[C@@H](Cn2ccnc2-c2nc(-c3ccc(F)cc3)cs2)C1. The molecule has 0 aliphatic heterocycles. The molecular weight excluding hydrogens is 371 g/mol. The van der Waals surface area contributed by atoms with Gasteiger partial charge in [0.1, 0.15) is 5.82 Å². The first-order valence-electron chi connectivity index (χ1n) is 8.67. The maximum atomic E-state index is 13.1. The number of hydrogen-bond acceptors (Lipinski definition) is 4. The van der Waals surface area contributed by atoms with Gasteiger partial charge in [0.25, 0.3) is 0 Å². The molecule has 2 aromatic heterocycles. The first-order valence-corrected chi connectivity index (χ1v) is 9.55. The topological polar surface area (TPSA) is 56.7 Å². The Bertz CT molecular complexity index is 845.